The maximum Gasteiger partial charge on any atom is 0.326 e. The second-order valence-corrected chi connectivity index (χ2v) is 5.13. The number of halogens is 1. The van der Waals surface area contributed by atoms with Crippen molar-refractivity contribution in [1.29, 1.82) is 0 Å². The average molecular weight is 325 g/mol. The summed E-state index contributed by atoms with van der Waals surface area (Å²) in [7, 11) is 0. The van der Waals surface area contributed by atoms with Gasteiger partial charge < -0.3 is 15.4 Å². The first-order valence-electron chi connectivity index (χ1n) is 5.73. The molecule has 0 bridgehead atoms. The quantitative estimate of drug-likeness (QED) is 0.805. The van der Waals surface area contributed by atoms with E-state index in [0.29, 0.717) is 0 Å². The highest BCUT2D eigenvalue weighted by Gasteiger charge is 2.20. The summed E-state index contributed by atoms with van der Waals surface area (Å²) in [6.07, 6.45) is 2.01. The minimum Gasteiger partial charge on any atom is -0.480 e. The van der Waals surface area contributed by atoms with Gasteiger partial charge >= 0.3 is 5.97 Å². The van der Waals surface area contributed by atoms with Crippen LogP contribution in [0.15, 0.2) is 28.9 Å². The highest BCUT2D eigenvalue weighted by molar-refractivity contribution is 9.10. The van der Waals surface area contributed by atoms with Crippen molar-refractivity contribution < 1.29 is 14.7 Å². The van der Waals surface area contributed by atoms with E-state index in [2.05, 4.69) is 26.2 Å². The van der Waals surface area contributed by atoms with Crippen molar-refractivity contribution in [2.24, 2.45) is 0 Å². The van der Waals surface area contributed by atoms with Gasteiger partial charge in [-0.3, -0.25) is 4.79 Å². The van der Waals surface area contributed by atoms with Crippen molar-refractivity contribution >= 4 is 38.7 Å². The maximum absolute atomic E-state index is 11.1. The van der Waals surface area contributed by atoms with E-state index in [1.54, 1.807) is 6.20 Å². The van der Waals surface area contributed by atoms with E-state index in [1.165, 1.54) is 6.92 Å². The predicted molar refractivity (Wildman–Crippen MR) is 74.9 cm³/mol. The van der Waals surface area contributed by atoms with Crippen molar-refractivity contribution in [2.75, 3.05) is 0 Å². The lowest BCUT2D eigenvalue weighted by Gasteiger charge is -2.12. The van der Waals surface area contributed by atoms with Crippen LogP contribution in [0.25, 0.3) is 10.9 Å². The Kier molecular flexibility index (Phi) is 3.90. The lowest BCUT2D eigenvalue weighted by Crippen LogP contribution is -2.41. The smallest absolute Gasteiger partial charge is 0.326 e. The molecule has 2 aromatic rings. The first kappa shape index (κ1) is 13.6. The van der Waals surface area contributed by atoms with Crippen LogP contribution in [0.1, 0.15) is 12.5 Å². The fourth-order valence-corrected chi connectivity index (χ4v) is 2.49. The van der Waals surface area contributed by atoms with Crippen LogP contribution in [0, 0.1) is 0 Å². The van der Waals surface area contributed by atoms with Gasteiger partial charge in [0.25, 0.3) is 0 Å². The first-order valence-corrected chi connectivity index (χ1v) is 6.52. The molecule has 1 aromatic carbocycles. The van der Waals surface area contributed by atoms with Crippen LogP contribution in [0.4, 0.5) is 0 Å². The number of para-hydroxylation sites is 1. The van der Waals surface area contributed by atoms with Gasteiger partial charge in [0.1, 0.15) is 6.04 Å². The zero-order valence-electron chi connectivity index (χ0n) is 10.2. The van der Waals surface area contributed by atoms with Crippen LogP contribution in [0.2, 0.25) is 0 Å². The number of aromatic amines is 1. The van der Waals surface area contributed by atoms with Gasteiger partial charge in [-0.1, -0.05) is 12.1 Å². The Morgan fingerprint density at radius 2 is 2.21 bits per heavy atom. The topological polar surface area (TPSA) is 82.2 Å². The van der Waals surface area contributed by atoms with Crippen LogP contribution in [0.3, 0.4) is 0 Å². The molecule has 6 heteroatoms. The van der Waals surface area contributed by atoms with Gasteiger partial charge in [-0.05, 0) is 27.6 Å². The number of hydrogen-bond acceptors (Lipinski definition) is 2. The molecular weight excluding hydrogens is 312 g/mol. The molecule has 0 radical (unpaired) electrons. The molecule has 2 rings (SSSR count). The molecule has 1 amide bonds. The third-order valence-electron chi connectivity index (χ3n) is 2.85. The number of carboxylic acids is 1. The number of carbonyl (C=O) groups is 2. The summed E-state index contributed by atoms with van der Waals surface area (Å²) in [6, 6.07) is 4.79. The van der Waals surface area contributed by atoms with Gasteiger partial charge in [0, 0.05) is 29.4 Å². The van der Waals surface area contributed by atoms with Crippen LogP contribution in [-0.2, 0) is 16.0 Å². The zero-order valence-corrected chi connectivity index (χ0v) is 11.8. The van der Waals surface area contributed by atoms with E-state index in [-0.39, 0.29) is 12.3 Å². The molecule has 0 spiro atoms. The number of fused-ring (bicyclic) bond motifs is 1. The van der Waals surface area contributed by atoms with Crippen LogP contribution < -0.4 is 5.32 Å². The van der Waals surface area contributed by atoms with E-state index in [4.69, 9.17) is 5.11 Å². The molecule has 1 aromatic heterocycles. The average Bonchev–Trinajstić information content (AvgIpc) is 2.72. The summed E-state index contributed by atoms with van der Waals surface area (Å²) in [4.78, 5) is 25.2. The molecule has 0 saturated carbocycles. The summed E-state index contributed by atoms with van der Waals surface area (Å²) < 4.78 is 0.919. The molecule has 0 aliphatic carbocycles. The molecule has 3 N–H and O–H groups in total. The first-order chi connectivity index (χ1) is 8.99. The Morgan fingerprint density at radius 3 is 2.84 bits per heavy atom. The van der Waals surface area contributed by atoms with Crippen molar-refractivity contribution in [3.05, 3.63) is 34.4 Å². The molecule has 0 saturated heterocycles. The molecule has 0 fully saturated rings. The molecular formula is C13H13BrN2O3. The fraction of sp³-hybridized carbons (Fsp3) is 0.231. The molecule has 100 valence electrons. The summed E-state index contributed by atoms with van der Waals surface area (Å²) in [5.41, 5.74) is 1.78. The number of amides is 1. The van der Waals surface area contributed by atoms with Gasteiger partial charge in [-0.2, -0.15) is 0 Å². The Labute approximate surface area is 118 Å². The molecule has 0 aliphatic heterocycles. The van der Waals surface area contributed by atoms with Crippen molar-refractivity contribution in [1.82, 2.24) is 10.3 Å². The van der Waals surface area contributed by atoms with Crippen LogP contribution in [-0.4, -0.2) is 28.0 Å². The second-order valence-electron chi connectivity index (χ2n) is 4.27. The number of rotatable bonds is 4. The summed E-state index contributed by atoms with van der Waals surface area (Å²) in [5.74, 6) is -1.40. The Hall–Kier alpha value is -1.82. The third kappa shape index (κ3) is 2.96. The van der Waals surface area contributed by atoms with Crippen molar-refractivity contribution in [2.45, 2.75) is 19.4 Å². The van der Waals surface area contributed by atoms with E-state index in [9.17, 15) is 9.59 Å². The van der Waals surface area contributed by atoms with E-state index < -0.39 is 12.0 Å². The van der Waals surface area contributed by atoms with E-state index >= 15 is 0 Å². The highest BCUT2D eigenvalue weighted by Crippen LogP contribution is 2.26. The SMILES string of the molecule is CC(=O)N[C@H](Cc1c[nH]c2c(Br)cccc12)C(=O)O. The fourth-order valence-electron chi connectivity index (χ4n) is 2.01. The third-order valence-corrected chi connectivity index (χ3v) is 3.51. The van der Waals surface area contributed by atoms with Crippen LogP contribution in [0.5, 0.6) is 0 Å². The summed E-state index contributed by atoms with van der Waals surface area (Å²) >= 11 is 3.43. The Balaban J connectivity index is 2.31. The molecule has 0 aliphatic rings. The number of hydrogen-bond donors (Lipinski definition) is 3. The summed E-state index contributed by atoms with van der Waals surface area (Å²) in [5, 5.41) is 12.5. The minimum atomic E-state index is -1.04. The molecule has 5 nitrogen and oxygen atoms in total. The van der Waals surface area contributed by atoms with Gasteiger partial charge in [0.05, 0.1) is 5.52 Å². The largest absolute Gasteiger partial charge is 0.480 e. The van der Waals surface area contributed by atoms with E-state index in [1.807, 2.05) is 18.2 Å². The number of nitrogens with one attached hydrogen (secondary N) is 2. The summed E-state index contributed by atoms with van der Waals surface area (Å²) in [6.45, 7) is 1.31. The number of carboxylic acid groups (broad SMARTS) is 1. The molecule has 1 heterocycles. The van der Waals surface area contributed by atoms with Gasteiger partial charge in [0.15, 0.2) is 0 Å². The maximum atomic E-state index is 11.1. The number of benzene rings is 1. The predicted octanol–water partition coefficient (Wildman–Crippen LogP) is 2.06. The molecule has 19 heavy (non-hydrogen) atoms. The lowest BCUT2D eigenvalue weighted by molar-refractivity contribution is -0.141. The zero-order chi connectivity index (χ0) is 14.0. The minimum absolute atomic E-state index is 0.241. The molecule has 0 unspecified atom stereocenters. The number of aliphatic carboxylic acids is 1. The van der Waals surface area contributed by atoms with Crippen LogP contribution >= 0.6 is 15.9 Å². The Morgan fingerprint density at radius 1 is 1.47 bits per heavy atom. The second kappa shape index (κ2) is 5.44. The van der Waals surface area contributed by atoms with Gasteiger partial charge in [-0.15, -0.1) is 0 Å². The van der Waals surface area contributed by atoms with Crippen molar-refractivity contribution in [3.63, 3.8) is 0 Å². The standard InChI is InChI=1S/C13H13BrN2O3/c1-7(17)16-11(13(18)19)5-8-6-15-12-9(8)3-2-4-10(12)14/h2-4,6,11,15H,5H2,1H3,(H,16,17)(H,18,19)/t11-/m1/s1. The van der Waals surface area contributed by atoms with Crippen molar-refractivity contribution in [3.8, 4) is 0 Å². The monoisotopic (exact) mass is 324 g/mol. The highest BCUT2D eigenvalue weighted by atomic mass is 79.9. The van der Waals surface area contributed by atoms with Gasteiger partial charge in [-0.25, -0.2) is 4.79 Å². The van der Waals surface area contributed by atoms with Gasteiger partial charge in [0.2, 0.25) is 5.91 Å². The number of aromatic nitrogens is 1. The Bertz CT molecular complexity index is 636. The lowest BCUT2D eigenvalue weighted by atomic mass is 10.1. The number of H-pyrrole nitrogens is 1. The van der Waals surface area contributed by atoms with E-state index in [0.717, 1.165) is 20.9 Å². The normalized spacial score (nSPS) is 12.3. The number of carbonyl (C=O) groups excluding carboxylic acids is 1. The molecule has 1 atom stereocenters.